The molecule has 5 atom stereocenters. The van der Waals surface area contributed by atoms with Crippen LogP contribution in [0.2, 0.25) is 0 Å². The number of amides is 1. The average molecular weight is 395 g/mol. The zero-order valence-corrected chi connectivity index (χ0v) is 16.9. The van der Waals surface area contributed by atoms with Gasteiger partial charge in [0.25, 0.3) is 5.91 Å². The molecule has 0 spiro atoms. The van der Waals surface area contributed by atoms with Gasteiger partial charge >= 0.3 is 0 Å². The predicted octanol–water partition coefficient (Wildman–Crippen LogP) is 2.74. The molecule has 1 amide bonds. The van der Waals surface area contributed by atoms with E-state index in [9.17, 15) is 4.79 Å². The van der Waals surface area contributed by atoms with Crippen molar-refractivity contribution in [3.8, 4) is 0 Å². The van der Waals surface area contributed by atoms with Gasteiger partial charge in [-0.2, -0.15) is 0 Å². The second-order valence-corrected chi connectivity index (χ2v) is 8.63. The fourth-order valence-corrected chi connectivity index (χ4v) is 4.33. The molecule has 1 aromatic carbocycles. The van der Waals surface area contributed by atoms with Crippen LogP contribution in [0, 0.1) is 0 Å². The summed E-state index contributed by atoms with van der Waals surface area (Å²) in [7, 11) is 0. The first-order valence-electron chi connectivity index (χ1n) is 9.00. The average Bonchev–Trinajstić information content (AvgIpc) is 3.08. The number of rotatable bonds is 3. The van der Waals surface area contributed by atoms with Gasteiger partial charge in [-0.05, 0) is 46.1 Å². The molecule has 8 heteroatoms. The summed E-state index contributed by atoms with van der Waals surface area (Å²) in [5.41, 5.74) is 0.736. The molecule has 1 aromatic rings. The Kier molecular flexibility index (Phi) is 4.77. The van der Waals surface area contributed by atoms with Crippen molar-refractivity contribution < 1.29 is 28.5 Å². The Morgan fingerprint density at radius 1 is 0.963 bits per heavy atom. The molecule has 148 valence electrons. The Morgan fingerprint density at radius 3 is 2.33 bits per heavy atom. The highest BCUT2D eigenvalue weighted by molar-refractivity contribution is 7.98. The molecule has 3 fully saturated rings. The van der Waals surface area contributed by atoms with Crippen LogP contribution in [-0.4, -0.2) is 54.4 Å². The van der Waals surface area contributed by atoms with Gasteiger partial charge in [0.15, 0.2) is 24.0 Å². The molecule has 4 rings (SSSR count). The van der Waals surface area contributed by atoms with Crippen LogP contribution >= 0.6 is 11.8 Å². The van der Waals surface area contributed by atoms with Crippen molar-refractivity contribution in [2.75, 3.05) is 11.6 Å². The Labute approximate surface area is 163 Å². The Balaban J connectivity index is 1.59. The number of fused-ring (bicyclic) bond motifs is 3. The maximum Gasteiger partial charge on any atom is 0.256 e. The minimum absolute atomic E-state index is 0.292. The number of hydrogen-bond donors (Lipinski definition) is 1. The van der Waals surface area contributed by atoms with E-state index in [4.69, 9.17) is 23.7 Å². The number of anilines is 1. The monoisotopic (exact) mass is 395 g/mol. The normalized spacial score (nSPS) is 36.1. The lowest BCUT2D eigenvalue weighted by Crippen LogP contribution is -2.58. The first kappa shape index (κ1) is 19.2. The van der Waals surface area contributed by atoms with Crippen LogP contribution < -0.4 is 5.32 Å². The minimum atomic E-state index is -0.870. The molecule has 0 aromatic heterocycles. The van der Waals surface area contributed by atoms with Crippen molar-refractivity contribution >= 4 is 23.4 Å². The SMILES string of the molecule is CSc1ccccc1NC(=O)[C@@H]1O[C@@H]2OC(C)(C)O[C@@H]2[C@@H]2OC(C)(C)O[C@H]21. The van der Waals surface area contributed by atoms with E-state index in [0.29, 0.717) is 0 Å². The molecule has 1 N–H and O–H groups in total. The second kappa shape index (κ2) is 6.72. The maximum absolute atomic E-state index is 13.1. The summed E-state index contributed by atoms with van der Waals surface area (Å²) in [6, 6.07) is 7.63. The number of benzene rings is 1. The van der Waals surface area contributed by atoms with Crippen molar-refractivity contribution in [2.45, 2.75) is 74.9 Å². The number of hydrogen-bond acceptors (Lipinski definition) is 7. The first-order valence-corrected chi connectivity index (χ1v) is 10.2. The lowest BCUT2D eigenvalue weighted by Gasteiger charge is -2.36. The van der Waals surface area contributed by atoms with Crippen LogP contribution in [0.4, 0.5) is 5.69 Å². The molecule has 27 heavy (non-hydrogen) atoms. The van der Waals surface area contributed by atoms with Gasteiger partial charge < -0.3 is 29.0 Å². The highest BCUT2D eigenvalue weighted by atomic mass is 32.2. The third kappa shape index (κ3) is 3.62. The number of thioether (sulfide) groups is 1. The van der Waals surface area contributed by atoms with Crippen LogP contribution in [0.25, 0.3) is 0 Å². The summed E-state index contributed by atoms with van der Waals surface area (Å²) >= 11 is 1.56. The highest BCUT2D eigenvalue weighted by Crippen LogP contribution is 2.44. The smallest absolute Gasteiger partial charge is 0.256 e. The third-order valence-electron chi connectivity index (χ3n) is 4.78. The Bertz CT molecular complexity index is 739. The van der Waals surface area contributed by atoms with E-state index in [1.807, 2.05) is 58.2 Å². The summed E-state index contributed by atoms with van der Waals surface area (Å²) in [4.78, 5) is 14.0. The van der Waals surface area contributed by atoms with Crippen LogP contribution in [-0.2, 0) is 28.5 Å². The minimum Gasteiger partial charge on any atom is -0.342 e. The van der Waals surface area contributed by atoms with E-state index in [2.05, 4.69) is 5.32 Å². The van der Waals surface area contributed by atoms with Gasteiger partial charge in [0.1, 0.15) is 18.3 Å². The molecule has 3 aliphatic rings. The number of carbonyl (C=O) groups excluding carboxylic acids is 1. The topological polar surface area (TPSA) is 75.3 Å². The van der Waals surface area contributed by atoms with Gasteiger partial charge in [-0.1, -0.05) is 12.1 Å². The van der Waals surface area contributed by atoms with Gasteiger partial charge in [0.2, 0.25) is 0 Å². The van der Waals surface area contributed by atoms with E-state index in [1.54, 1.807) is 11.8 Å². The maximum atomic E-state index is 13.1. The quantitative estimate of drug-likeness (QED) is 0.789. The summed E-state index contributed by atoms with van der Waals surface area (Å²) in [5, 5.41) is 2.96. The number of carbonyl (C=O) groups is 1. The van der Waals surface area contributed by atoms with E-state index in [1.165, 1.54) is 0 Å². The molecule has 0 aliphatic carbocycles. The van der Waals surface area contributed by atoms with Crippen molar-refractivity contribution in [3.05, 3.63) is 24.3 Å². The van der Waals surface area contributed by atoms with Crippen LogP contribution in [0.15, 0.2) is 29.2 Å². The van der Waals surface area contributed by atoms with Gasteiger partial charge in [-0.25, -0.2) is 0 Å². The van der Waals surface area contributed by atoms with Crippen molar-refractivity contribution in [1.82, 2.24) is 0 Å². The van der Waals surface area contributed by atoms with Crippen LogP contribution in [0.1, 0.15) is 27.7 Å². The molecule has 3 heterocycles. The number of nitrogens with one attached hydrogen (secondary N) is 1. The molecule has 3 aliphatic heterocycles. The van der Waals surface area contributed by atoms with E-state index in [-0.39, 0.29) is 5.91 Å². The van der Waals surface area contributed by atoms with Gasteiger partial charge in [-0.15, -0.1) is 11.8 Å². The van der Waals surface area contributed by atoms with Crippen LogP contribution in [0.5, 0.6) is 0 Å². The van der Waals surface area contributed by atoms with E-state index < -0.39 is 42.3 Å². The Morgan fingerprint density at radius 2 is 1.59 bits per heavy atom. The molecule has 0 bridgehead atoms. The predicted molar refractivity (Wildman–Crippen MR) is 99.4 cm³/mol. The molecular weight excluding hydrogens is 370 g/mol. The number of para-hydroxylation sites is 1. The van der Waals surface area contributed by atoms with Gasteiger partial charge in [0, 0.05) is 4.90 Å². The van der Waals surface area contributed by atoms with E-state index >= 15 is 0 Å². The standard InChI is InChI=1S/C19H25NO6S/c1-18(2)23-12-13(24-18)15-17(26-19(3,4)25-15)22-14(12)16(21)20-10-8-6-7-9-11(10)27-5/h6-9,12-15,17H,1-5H3,(H,20,21)/t12-,13-,14-,15-,17-/m1/s1. The zero-order chi connectivity index (χ0) is 19.4. The zero-order valence-electron chi connectivity index (χ0n) is 16.1. The first-order chi connectivity index (χ1) is 12.7. The summed E-state index contributed by atoms with van der Waals surface area (Å²) in [6.07, 6.45) is -1.08. The van der Waals surface area contributed by atoms with Gasteiger partial charge in [0.05, 0.1) is 5.69 Å². The largest absolute Gasteiger partial charge is 0.342 e. The second-order valence-electron chi connectivity index (χ2n) is 7.78. The molecular formula is C19H25NO6S. The van der Waals surface area contributed by atoms with Crippen molar-refractivity contribution in [1.29, 1.82) is 0 Å². The highest BCUT2D eigenvalue weighted by Gasteiger charge is 2.62. The summed E-state index contributed by atoms with van der Waals surface area (Å²) in [5.74, 6) is -1.94. The molecule has 7 nitrogen and oxygen atoms in total. The number of ether oxygens (including phenoxy) is 5. The van der Waals surface area contributed by atoms with Gasteiger partial charge in [-0.3, -0.25) is 4.79 Å². The summed E-state index contributed by atoms with van der Waals surface area (Å²) < 4.78 is 29.8. The lowest BCUT2D eigenvalue weighted by atomic mass is 9.98. The fourth-order valence-electron chi connectivity index (χ4n) is 3.78. The lowest BCUT2D eigenvalue weighted by molar-refractivity contribution is -0.229. The molecule has 3 saturated heterocycles. The molecule has 0 unspecified atom stereocenters. The molecule has 0 saturated carbocycles. The Hall–Kier alpha value is -1.16. The van der Waals surface area contributed by atoms with Crippen molar-refractivity contribution in [3.63, 3.8) is 0 Å². The van der Waals surface area contributed by atoms with Crippen LogP contribution in [0.3, 0.4) is 0 Å². The third-order valence-corrected chi connectivity index (χ3v) is 5.57. The van der Waals surface area contributed by atoms with Crippen molar-refractivity contribution in [2.24, 2.45) is 0 Å². The van der Waals surface area contributed by atoms with E-state index in [0.717, 1.165) is 10.6 Å². The fraction of sp³-hybridized carbons (Fsp3) is 0.632. The molecule has 0 radical (unpaired) electrons. The summed E-state index contributed by atoms with van der Waals surface area (Å²) in [6.45, 7) is 7.27.